The highest BCUT2D eigenvalue weighted by Gasteiger charge is 2.34. The number of benzene rings is 1. The second-order valence-corrected chi connectivity index (χ2v) is 5.23. The van der Waals surface area contributed by atoms with Crippen LogP contribution in [0, 0.1) is 0 Å². The molecule has 20 heavy (non-hydrogen) atoms. The lowest BCUT2D eigenvalue weighted by Gasteiger charge is -2.12. The summed E-state index contributed by atoms with van der Waals surface area (Å²) in [5.74, 6) is -0.148. The summed E-state index contributed by atoms with van der Waals surface area (Å²) in [7, 11) is 0. The number of rotatable bonds is 3. The summed E-state index contributed by atoms with van der Waals surface area (Å²) in [6.45, 7) is 5.18. The van der Waals surface area contributed by atoms with E-state index in [0.29, 0.717) is 11.1 Å². The third kappa shape index (κ3) is 2.57. The molecule has 0 radical (unpaired) electrons. The molecule has 0 aliphatic heterocycles. The SMILES string of the molecule is CC(=O)Cc1cn(C(C)C)c2cccc(C(F)(F)F)c12. The molecule has 0 saturated heterocycles. The predicted molar refractivity (Wildman–Crippen MR) is 71.7 cm³/mol. The Balaban J connectivity index is 2.80. The number of hydrogen-bond donors (Lipinski definition) is 0. The van der Waals surface area contributed by atoms with Crippen molar-refractivity contribution in [1.82, 2.24) is 4.57 Å². The number of halogens is 3. The lowest BCUT2D eigenvalue weighted by Crippen LogP contribution is -2.07. The average molecular weight is 283 g/mol. The quantitative estimate of drug-likeness (QED) is 0.819. The van der Waals surface area contributed by atoms with E-state index < -0.39 is 11.7 Å². The molecule has 108 valence electrons. The fourth-order valence-corrected chi connectivity index (χ4v) is 2.46. The second kappa shape index (κ2) is 4.96. The van der Waals surface area contributed by atoms with Gasteiger partial charge in [0.2, 0.25) is 0 Å². The van der Waals surface area contributed by atoms with Crippen LogP contribution in [0.4, 0.5) is 13.2 Å². The Morgan fingerprint density at radius 3 is 2.45 bits per heavy atom. The van der Waals surface area contributed by atoms with Crippen LogP contribution in [0.2, 0.25) is 0 Å². The minimum absolute atomic E-state index is 0.0172. The molecule has 0 aliphatic carbocycles. The zero-order valence-electron chi connectivity index (χ0n) is 11.6. The summed E-state index contributed by atoms with van der Waals surface area (Å²) in [6.07, 6.45) is -2.75. The Kier molecular flexibility index (Phi) is 3.63. The monoisotopic (exact) mass is 283 g/mol. The average Bonchev–Trinajstić information content (AvgIpc) is 2.66. The van der Waals surface area contributed by atoms with Crippen molar-refractivity contribution in [3.8, 4) is 0 Å². The molecular weight excluding hydrogens is 267 g/mol. The number of Topliss-reactive ketones (excluding diaryl/α,β-unsaturated/α-hetero) is 1. The maximum absolute atomic E-state index is 13.2. The summed E-state index contributed by atoms with van der Waals surface area (Å²) < 4.78 is 41.2. The smallest absolute Gasteiger partial charge is 0.345 e. The normalized spacial score (nSPS) is 12.3. The molecule has 1 heterocycles. The van der Waals surface area contributed by atoms with Crippen molar-refractivity contribution >= 4 is 16.7 Å². The van der Waals surface area contributed by atoms with Crippen LogP contribution in [0.5, 0.6) is 0 Å². The maximum atomic E-state index is 13.2. The van der Waals surface area contributed by atoms with Gasteiger partial charge in [-0.05, 0) is 38.5 Å². The summed E-state index contributed by atoms with van der Waals surface area (Å²) in [5, 5.41) is 0.143. The van der Waals surface area contributed by atoms with Gasteiger partial charge < -0.3 is 4.57 Å². The molecule has 0 amide bonds. The molecule has 0 bridgehead atoms. The molecule has 0 fully saturated rings. The molecule has 1 aromatic carbocycles. The minimum Gasteiger partial charge on any atom is -0.345 e. The van der Waals surface area contributed by atoms with Crippen molar-refractivity contribution in [1.29, 1.82) is 0 Å². The van der Waals surface area contributed by atoms with Gasteiger partial charge in [-0.15, -0.1) is 0 Å². The standard InChI is InChI=1S/C15H16F3NO/c1-9(2)19-8-11(7-10(3)20)14-12(15(16,17)18)5-4-6-13(14)19/h4-6,8-9H,7H2,1-3H3. The van der Waals surface area contributed by atoms with Crippen LogP contribution < -0.4 is 0 Å². The van der Waals surface area contributed by atoms with E-state index in [2.05, 4.69) is 0 Å². The van der Waals surface area contributed by atoms with Crippen LogP contribution in [0.3, 0.4) is 0 Å². The number of aromatic nitrogens is 1. The first kappa shape index (κ1) is 14.6. The first-order chi connectivity index (χ1) is 9.21. The summed E-state index contributed by atoms with van der Waals surface area (Å²) >= 11 is 0. The molecule has 0 N–H and O–H groups in total. The molecule has 0 aliphatic rings. The van der Waals surface area contributed by atoms with E-state index in [-0.39, 0.29) is 23.6 Å². The Bertz CT molecular complexity index is 653. The fourth-order valence-electron chi connectivity index (χ4n) is 2.46. The van der Waals surface area contributed by atoms with Gasteiger partial charge in [0.1, 0.15) is 5.78 Å². The third-order valence-corrected chi connectivity index (χ3v) is 3.24. The van der Waals surface area contributed by atoms with E-state index in [0.717, 1.165) is 6.07 Å². The van der Waals surface area contributed by atoms with Crippen LogP contribution in [0.15, 0.2) is 24.4 Å². The van der Waals surface area contributed by atoms with E-state index in [1.54, 1.807) is 16.8 Å². The van der Waals surface area contributed by atoms with Crippen molar-refractivity contribution in [2.45, 2.75) is 39.4 Å². The van der Waals surface area contributed by atoms with Gasteiger partial charge in [-0.2, -0.15) is 13.2 Å². The lowest BCUT2D eigenvalue weighted by molar-refractivity contribution is -0.136. The number of carbonyl (C=O) groups is 1. The van der Waals surface area contributed by atoms with Crippen LogP contribution in [-0.2, 0) is 17.4 Å². The van der Waals surface area contributed by atoms with Crippen LogP contribution >= 0.6 is 0 Å². The van der Waals surface area contributed by atoms with Gasteiger partial charge in [0, 0.05) is 29.6 Å². The van der Waals surface area contributed by atoms with Gasteiger partial charge in [-0.25, -0.2) is 0 Å². The minimum atomic E-state index is -4.42. The van der Waals surface area contributed by atoms with Gasteiger partial charge in [-0.1, -0.05) is 6.07 Å². The Labute approximate surface area is 115 Å². The van der Waals surface area contributed by atoms with Gasteiger partial charge >= 0.3 is 6.18 Å². The van der Waals surface area contributed by atoms with Crippen molar-refractivity contribution in [2.24, 2.45) is 0 Å². The Morgan fingerprint density at radius 1 is 1.30 bits per heavy atom. The molecule has 0 spiro atoms. The summed E-state index contributed by atoms with van der Waals surface area (Å²) in [6, 6.07) is 4.16. The van der Waals surface area contributed by atoms with E-state index in [1.165, 1.54) is 13.0 Å². The fraction of sp³-hybridized carbons (Fsp3) is 0.400. The van der Waals surface area contributed by atoms with E-state index in [9.17, 15) is 18.0 Å². The van der Waals surface area contributed by atoms with Crippen LogP contribution in [-0.4, -0.2) is 10.4 Å². The Hall–Kier alpha value is -1.78. The molecule has 1 aromatic heterocycles. The third-order valence-electron chi connectivity index (χ3n) is 3.24. The highest BCUT2D eigenvalue weighted by atomic mass is 19.4. The van der Waals surface area contributed by atoms with Crippen LogP contribution in [0.1, 0.15) is 37.9 Å². The molecule has 0 unspecified atom stereocenters. The summed E-state index contributed by atoms with van der Waals surface area (Å²) in [5.41, 5.74) is 0.283. The van der Waals surface area contributed by atoms with Crippen molar-refractivity contribution in [3.63, 3.8) is 0 Å². The largest absolute Gasteiger partial charge is 0.417 e. The molecule has 5 heteroatoms. The van der Waals surface area contributed by atoms with Crippen molar-refractivity contribution in [2.75, 3.05) is 0 Å². The molecule has 2 aromatic rings. The first-order valence-corrected chi connectivity index (χ1v) is 6.41. The number of alkyl halides is 3. The van der Waals surface area contributed by atoms with Gasteiger partial charge in [0.05, 0.1) is 5.56 Å². The number of nitrogens with zero attached hydrogens (tertiary/aromatic N) is 1. The van der Waals surface area contributed by atoms with Crippen molar-refractivity contribution in [3.05, 3.63) is 35.5 Å². The van der Waals surface area contributed by atoms with Gasteiger partial charge in [0.25, 0.3) is 0 Å². The predicted octanol–water partition coefficient (Wildman–Crippen LogP) is 4.37. The molecule has 0 atom stereocenters. The number of fused-ring (bicyclic) bond motifs is 1. The van der Waals surface area contributed by atoms with Gasteiger partial charge in [0.15, 0.2) is 0 Å². The molecule has 2 rings (SSSR count). The van der Waals surface area contributed by atoms with Crippen LogP contribution in [0.25, 0.3) is 10.9 Å². The molecule has 2 nitrogen and oxygen atoms in total. The Morgan fingerprint density at radius 2 is 1.95 bits per heavy atom. The maximum Gasteiger partial charge on any atom is 0.417 e. The highest BCUT2D eigenvalue weighted by Crippen LogP contribution is 2.38. The second-order valence-electron chi connectivity index (χ2n) is 5.23. The highest BCUT2D eigenvalue weighted by molar-refractivity contribution is 5.92. The van der Waals surface area contributed by atoms with E-state index >= 15 is 0 Å². The molecule has 0 saturated carbocycles. The zero-order chi connectivity index (χ0) is 15.1. The number of ketones is 1. The summed E-state index contributed by atoms with van der Waals surface area (Å²) in [4.78, 5) is 11.3. The number of carbonyl (C=O) groups excluding carboxylic acids is 1. The number of hydrogen-bond acceptors (Lipinski definition) is 1. The van der Waals surface area contributed by atoms with Gasteiger partial charge in [-0.3, -0.25) is 4.79 Å². The lowest BCUT2D eigenvalue weighted by atomic mass is 10.0. The topological polar surface area (TPSA) is 22.0 Å². The zero-order valence-corrected chi connectivity index (χ0v) is 11.6. The first-order valence-electron chi connectivity index (χ1n) is 6.41. The van der Waals surface area contributed by atoms with E-state index in [1.807, 2.05) is 13.8 Å². The molecular formula is C15H16F3NO. The van der Waals surface area contributed by atoms with E-state index in [4.69, 9.17) is 0 Å². The van der Waals surface area contributed by atoms with Crippen molar-refractivity contribution < 1.29 is 18.0 Å².